The number of fused-ring (bicyclic) bond motifs is 1. The summed E-state index contributed by atoms with van der Waals surface area (Å²) in [6.45, 7) is 0.488. The first-order valence-electron chi connectivity index (χ1n) is 8.51. The molecule has 25 heavy (non-hydrogen) atoms. The maximum Gasteiger partial charge on any atom is 0.241 e. The van der Waals surface area contributed by atoms with E-state index in [-0.39, 0.29) is 0 Å². The standard InChI is InChI=1S/C20H20N2O2S/c23-25(24,20-8-4-7-17-9-10-21-14-19(17)20)22-13-15-11-18(12-15)16-5-2-1-3-6-16/h1-10,14-15,18,22H,11-13H2. The van der Waals surface area contributed by atoms with Crippen molar-refractivity contribution in [2.75, 3.05) is 6.54 Å². The van der Waals surface area contributed by atoms with Gasteiger partial charge in [-0.15, -0.1) is 0 Å². The quantitative estimate of drug-likeness (QED) is 0.761. The average molecular weight is 352 g/mol. The van der Waals surface area contributed by atoms with Crippen molar-refractivity contribution >= 4 is 20.8 Å². The Balaban J connectivity index is 1.43. The van der Waals surface area contributed by atoms with Crippen LogP contribution in [0.15, 0.2) is 71.9 Å². The SMILES string of the molecule is O=S(=O)(NCC1CC(c2ccccc2)C1)c1cccc2ccncc12. The number of aromatic nitrogens is 1. The lowest BCUT2D eigenvalue weighted by molar-refractivity contribution is 0.265. The predicted molar refractivity (Wildman–Crippen MR) is 98.8 cm³/mol. The molecule has 0 aliphatic heterocycles. The van der Waals surface area contributed by atoms with E-state index in [1.54, 1.807) is 24.5 Å². The fraction of sp³-hybridized carbons (Fsp3) is 0.250. The van der Waals surface area contributed by atoms with E-state index in [2.05, 4.69) is 34.0 Å². The van der Waals surface area contributed by atoms with Gasteiger partial charge in [0.15, 0.2) is 0 Å². The number of pyridine rings is 1. The molecule has 1 aliphatic carbocycles. The number of rotatable bonds is 5. The molecule has 0 unspecified atom stereocenters. The highest BCUT2D eigenvalue weighted by Crippen LogP contribution is 2.41. The summed E-state index contributed by atoms with van der Waals surface area (Å²) in [7, 11) is -3.53. The Morgan fingerprint density at radius 3 is 2.60 bits per heavy atom. The Bertz CT molecular complexity index is 976. The molecule has 3 aromatic rings. The van der Waals surface area contributed by atoms with E-state index >= 15 is 0 Å². The second kappa shape index (κ2) is 6.58. The number of hydrogen-bond acceptors (Lipinski definition) is 3. The molecule has 0 radical (unpaired) electrons. The van der Waals surface area contributed by atoms with Crippen molar-refractivity contribution in [2.45, 2.75) is 23.7 Å². The normalized spacial score (nSPS) is 20.3. The molecule has 128 valence electrons. The van der Waals surface area contributed by atoms with E-state index in [1.807, 2.05) is 18.2 Å². The van der Waals surface area contributed by atoms with Gasteiger partial charge in [-0.05, 0) is 47.8 Å². The summed E-state index contributed by atoms with van der Waals surface area (Å²) in [4.78, 5) is 4.36. The van der Waals surface area contributed by atoms with E-state index in [1.165, 1.54) is 5.56 Å². The van der Waals surface area contributed by atoms with E-state index in [4.69, 9.17) is 0 Å². The molecule has 0 amide bonds. The zero-order valence-corrected chi connectivity index (χ0v) is 14.6. The molecule has 1 aliphatic rings. The molecule has 4 nitrogen and oxygen atoms in total. The van der Waals surface area contributed by atoms with Gasteiger partial charge in [0.1, 0.15) is 0 Å². The topological polar surface area (TPSA) is 59.1 Å². The first-order chi connectivity index (χ1) is 12.1. The minimum absolute atomic E-state index is 0.303. The van der Waals surface area contributed by atoms with Gasteiger partial charge in [-0.2, -0.15) is 0 Å². The molecule has 0 atom stereocenters. The molecule has 2 aromatic carbocycles. The maximum absolute atomic E-state index is 12.7. The number of hydrogen-bond donors (Lipinski definition) is 1. The monoisotopic (exact) mass is 352 g/mol. The summed E-state index contributed by atoms with van der Waals surface area (Å²) in [6, 6.07) is 17.6. The van der Waals surface area contributed by atoms with Crippen LogP contribution in [0.5, 0.6) is 0 Å². The number of sulfonamides is 1. The molecule has 1 N–H and O–H groups in total. The summed E-state index contributed by atoms with van der Waals surface area (Å²) < 4.78 is 28.2. The molecular weight excluding hydrogens is 332 g/mol. The maximum atomic E-state index is 12.7. The van der Waals surface area contributed by atoms with Crippen LogP contribution in [0.4, 0.5) is 0 Å². The third-order valence-electron chi connectivity index (χ3n) is 5.00. The van der Waals surface area contributed by atoms with Crippen LogP contribution >= 0.6 is 0 Å². The molecule has 4 rings (SSSR count). The van der Waals surface area contributed by atoms with Gasteiger partial charge in [0, 0.05) is 24.3 Å². The molecule has 0 spiro atoms. The van der Waals surface area contributed by atoms with Crippen LogP contribution < -0.4 is 4.72 Å². The molecule has 0 bridgehead atoms. The summed E-state index contributed by atoms with van der Waals surface area (Å²) in [5.74, 6) is 0.950. The number of benzene rings is 2. The van der Waals surface area contributed by atoms with Crippen LogP contribution in [-0.4, -0.2) is 19.9 Å². The molecule has 1 saturated carbocycles. The Labute approximate surface area is 148 Å². The Morgan fingerprint density at radius 1 is 1.00 bits per heavy atom. The van der Waals surface area contributed by atoms with Crippen molar-refractivity contribution < 1.29 is 8.42 Å². The van der Waals surface area contributed by atoms with Gasteiger partial charge >= 0.3 is 0 Å². The molecule has 1 fully saturated rings. The van der Waals surface area contributed by atoms with Gasteiger partial charge in [0.05, 0.1) is 4.90 Å². The van der Waals surface area contributed by atoms with Gasteiger partial charge in [-0.25, -0.2) is 13.1 Å². The Hall–Kier alpha value is -2.24. The summed E-state index contributed by atoms with van der Waals surface area (Å²) in [6.07, 6.45) is 5.34. The van der Waals surface area contributed by atoms with Crippen molar-refractivity contribution in [3.8, 4) is 0 Å². The minimum Gasteiger partial charge on any atom is -0.264 e. The Morgan fingerprint density at radius 2 is 1.80 bits per heavy atom. The van der Waals surface area contributed by atoms with Gasteiger partial charge in [0.2, 0.25) is 10.0 Å². The van der Waals surface area contributed by atoms with Gasteiger partial charge in [0.25, 0.3) is 0 Å². The highest BCUT2D eigenvalue weighted by Gasteiger charge is 2.31. The first kappa shape index (κ1) is 16.2. The lowest BCUT2D eigenvalue weighted by atomic mass is 9.71. The van der Waals surface area contributed by atoms with Gasteiger partial charge in [-0.3, -0.25) is 4.98 Å². The third-order valence-corrected chi connectivity index (χ3v) is 6.48. The van der Waals surface area contributed by atoms with Crippen LogP contribution in [0, 0.1) is 5.92 Å². The van der Waals surface area contributed by atoms with Crippen molar-refractivity contribution in [1.82, 2.24) is 9.71 Å². The van der Waals surface area contributed by atoms with Crippen molar-refractivity contribution in [3.05, 3.63) is 72.6 Å². The Kier molecular flexibility index (Phi) is 4.27. The second-order valence-electron chi connectivity index (χ2n) is 6.65. The lowest BCUT2D eigenvalue weighted by Crippen LogP contribution is -2.35. The zero-order valence-electron chi connectivity index (χ0n) is 13.8. The van der Waals surface area contributed by atoms with Crippen molar-refractivity contribution in [2.24, 2.45) is 5.92 Å². The average Bonchev–Trinajstić information content (AvgIpc) is 2.60. The van der Waals surface area contributed by atoms with Crippen LogP contribution in [-0.2, 0) is 10.0 Å². The van der Waals surface area contributed by atoms with Crippen LogP contribution in [0.3, 0.4) is 0 Å². The predicted octanol–water partition coefficient (Wildman–Crippen LogP) is 3.71. The van der Waals surface area contributed by atoms with Crippen molar-refractivity contribution in [1.29, 1.82) is 0 Å². The van der Waals surface area contributed by atoms with Crippen molar-refractivity contribution in [3.63, 3.8) is 0 Å². The van der Waals surface area contributed by atoms with E-state index in [9.17, 15) is 8.42 Å². The minimum atomic E-state index is -3.53. The molecule has 1 heterocycles. The van der Waals surface area contributed by atoms with Crippen LogP contribution in [0.2, 0.25) is 0 Å². The molecule has 1 aromatic heterocycles. The molecule has 5 heteroatoms. The van der Waals surface area contributed by atoms with E-state index in [0.29, 0.717) is 28.7 Å². The van der Waals surface area contributed by atoms with Gasteiger partial charge < -0.3 is 0 Å². The largest absolute Gasteiger partial charge is 0.264 e. The highest BCUT2D eigenvalue weighted by atomic mass is 32.2. The zero-order chi connectivity index (χ0) is 17.3. The second-order valence-corrected chi connectivity index (χ2v) is 8.39. The molecular formula is C20H20N2O2S. The number of nitrogens with one attached hydrogen (secondary N) is 1. The fourth-order valence-corrected chi connectivity index (χ4v) is 4.85. The first-order valence-corrected chi connectivity index (χ1v) is 9.99. The summed E-state index contributed by atoms with van der Waals surface area (Å²) in [5.41, 5.74) is 1.35. The smallest absolute Gasteiger partial charge is 0.241 e. The lowest BCUT2D eigenvalue weighted by Gasteiger charge is -2.35. The number of nitrogens with zero attached hydrogens (tertiary/aromatic N) is 1. The van der Waals surface area contributed by atoms with Crippen LogP contribution in [0.25, 0.3) is 10.8 Å². The molecule has 0 saturated heterocycles. The highest BCUT2D eigenvalue weighted by molar-refractivity contribution is 7.89. The summed E-state index contributed by atoms with van der Waals surface area (Å²) >= 11 is 0. The van der Waals surface area contributed by atoms with E-state index < -0.39 is 10.0 Å². The summed E-state index contributed by atoms with van der Waals surface area (Å²) in [5, 5.41) is 1.54. The van der Waals surface area contributed by atoms with Gasteiger partial charge in [-0.1, -0.05) is 42.5 Å². The van der Waals surface area contributed by atoms with E-state index in [0.717, 1.165) is 18.2 Å². The van der Waals surface area contributed by atoms with Crippen LogP contribution in [0.1, 0.15) is 24.3 Å². The third kappa shape index (κ3) is 3.30. The fourth-order valence-electron chi connectivity index (χ4n) is 3.52.